The zero-order valence-corrected chi connectivity index (χ0v) is 9.99. The number of rotatable bonds is 5. The van der Waals surface area contributed by atoms with Crippen molar-refractivity contribution in [1.82, 2.24) is 4.98 Å². The molecule has 4 nitrogen and oxygen atoms in total. The monoisotopic (exact) mass is 222 g/mol. The van der Waals surface area contributed by atoms with Crippen molar-refractivity contribution >= 4 is 11.7 Å². The number of ether oxygens (including phenoxy) is 1. The van der Waals surface area contributed by atoms with E-state index in [1.807, 2.05) is 6.07 Å². The van der Waals surface area contributed by atoms with E-state index in [-0.39, 0.29) is 0 Å². The smallest absolute Gasteiger partial charge is 0.356 e. The molecule has 1 aromatic rings. The van der Waals surface area contributed by atoms with Crippen LogP contribution in [0.4, 0.5) is 5.69 Å². The fourth-order valence-electron chi connectivity index (χ4n) is 1.47. The van der Waals surface area contributed by atoms with Crippen molar-refractivity contribution in [2.24, 2.45) is 0 Å². The van der Waals surface area contributed by atoms with Crippen LogP contribution in [0.3, 0.4) is 0 Å². The van der Waals surface area contributed by atoms with E-state index in [0.717, 1.165) is 18.5 Å². The van der Waals surface area contributed by atoms with Crippen LogP contribution in [0, 0.1) is 0 Å². The minimum atomic E-state index is -0.409. The number of carbonyl (C=O) groups is 1. The SMILES string of the molecule is CCC(CC)Nc1ccnc(C(=O)OC)c1. The second-order valence-electron chi connectivity index (χ2n) is 3.58. The molecule has 1 aromatic heterocycles. The normalized spacial score (nSPS) is 10.2. The van der Waals surface area contributed by atoms with Gasteiger partial charge in [0.05, 0.1) is 7.11 Å². The third-order valence-corrected chi connectivity index (χ3v) is 2.51. The lowest BCUT2D eigenvalue weighted by Gasteiger charge is -2.16. The van der Waals surface area contributed by atoms with Crippen molar-refractivity contribution in [2.75, 3.05) is 12.4 Å². The predicted molar refractivity (Wildman–Crippen MR) is 63.6 cm³/mol. The lowest BCUT2D eigenvalue weighted by molar-refractivity contribution is 0.0594. The van der Waals surface area contributed by atoms with Crippen LogP contribution in [0.25, 0.3) is 0 Å². The molecule has 4 heteroatoms. The highest BCUT2D eigenvalue weighted by Gasteiger charge is 2.09. The van der Waals surface area contributed by atoms with Gasteiger partial charge >= 0.3 is 5.97 Å². The number of carbonyl (C=O) groups excluding carboxylic acids is 1. The first-order valence-corrected chi connectivity index (χ1v) is 5.52. The van der Waals surface area contributed by atoms with E-state index in [0.29, 0.717) is 11.7 Å². The highest BCUT2D eigenvalue weighted by molar-refractivity contribution is 5.88. The van der Waals surface area contributed by atoms with Crippen molar-refractivity contribution in [1.29, 1.82) is 0 Å². The van der Waals surface area contributed by atoms with Gasteiger partial charge in [-0.05, 0) is 25.0 Å². The maximum atomic E-state index is 11.3. The zero-order valence-electron chi connectivity index (χ0n) is 9.99. The Kier molecular flexibility index (Phi) is 4.76. The van der Waals surface area contributed by atoms with Crippen molar-refractivity contribution in [3.63, 3.8) is 0 Å². The second-order valence-corrected chi connectivity index (χ2v) is 3.58. The maximum absolute atomic E-state index is 11.3. The Hall–Kier alpha value is -1.58. The molecule has 0 aliphatic carbocycles. The second kappa shape index (κ2) is 6.10. The number of hydrogen-bond donors (Lipinski definition) is 1. The largest absolute Gasteiger partial charge is 0.464 e. The Morgan fingerprint density at radius 3 is 2.75 bits per heavy atom. The Balaban J connectivity index is 2.78. The van der Waals surface area contributed by atoms with E-state index in [2.05, 4.69) is 28.9 Å². The number of pyridine rings is 1. The summed E-state index contributed by atoms with van der Waals surface area (Å²) in [7, 11) is 1.35. The number of nitrogens with zero attached hydrogens (tertiary/aromatic N) is 1. The zero-order chi connectivity index (χ0) is 12.0. The first-order valence-electron chi connectivity index (χ1n) is 5.52. The molecule has 1 heterocycles. The van der Waals surface area contributed by atoms with Crippen LogP contribution in [-0.2, 0) is 4.74 Å². The highest BCUT2D eigenvalue weighted by Crippen LogP contribution is 2.12. The van der Waals surface area contributed by atoms with E-state index >= 15 is 0 Å². The third kappa shape index (κ3) is 3.22. The van der Waals surface area contributed by atoms with E-state index in [4.69, 9.17) is 0 Å². The fraction of sp³-hybridized carbons (Fsp3) is 0.500. The number of aromatic nitrogens is 1. The number of methoxy groups -OCH3 is 1. The van der Waals surface area contributed by atoms with Gasteiger partial charge in [0.25, 0.3) is 0 Å². The number of nitrogens with one attached hydrogen (secondary N) is 1. The van der Waals surface area contributed by atoms with Gasteiger partial charge in [-0.25, -0.2) is 9.78 Å². The minimum absolute atomic E-state index is 0.332. The lowest BCUT2D eigenvalue weighted by atomic mass is 10.1. The minimum Gasteiger partial charge on any atom is -0.464 e. The molecule has 0 atom stereocenters. The molecule has 0 saturated heterocycles. The Morgan fingerprint density at radius 1 is 1.50 bits per heavy atom. The summed E-state index contributed by atoms with van der Waals surface area (Å²) in [5, 5.41) is 3.35. The van der Waals surface area contributed by atoms with Crippen LogP contribution in [0.15, 0.2) is 18.3 Å². The quantitative estimate of drug-likeness (QED) is 0.777. The van der Waals surface area contributed by atoms with Gasteiger partial charge in [0.15, 0.2) is 0 Å². The molecule has 0 aliphatic heterocycles. The molecule has 0 aromatic carbocycles. The van der Waals surface area contributed by atoms with Gasteiger partial charge in [0.1, 0.15) is 5.69 Å². The molecule has 0 fully saturated rings. The first kappa shape index (κ1) is 12.5. The van der Waals surface area contributed by atoms with Gasteiger partial charge in [-0.1, -0.05) is 13.8 Å². The van der Waals surface area contributed by atoms with Gasteiger partial charge < -0.3 is 10.1 Å². The van der Waals surface area contributed by atoms with Crippen LogP contribution in [0.2, 0.25) is 0 Å². The van der Waals surface area contributed by atoms with E-state index < -0.39 is 5.97 Å². The molecule has 1 rings (SSSR count). The number of hydrogen-bond acceptors (Lipinski definition) is 4. The Labute approximate surface area is 96.0 Å². The molecule has 1 N–H and O–H groups in total. The summed E-state index contributed by atoms with van der Waals surface area (Å²) < 4.78 is 4.62. The molecule has 0 bridgehead atoms. The third-order valence-electron chi connectivity index (χ3n) is 2.51. The molecular formula is C12H18N2O2. The highest BCUT2D eigenvalue weighted by atomic mass is 16.5. The summed E-state index contributed by atoms with van der Waals surface area (Å²) in [6.45, 7) is 4.26. The van der Waals surface area contributed by atoms with Crippen LogP contribution in [-0.4, -0.2) is 24.1 Å². The van der Waals surface area contributed by atoms with Gasteiger partial charge in [0, 0.05) is 17.9 Å². The fourth-order valence-corrected chi connectivity index (χ4v) is 1.47. The first-order chi connectivity index (χ1) is 7.71. The molecule has 0 unspecified atom stereocenters. The summed E-state index contributed by atoms with van der Waals surface area (Å²) in [5.41, 5.74) is 1.24. The van der Waals surface area contributed by atoms with Crippen LogP contribution in [0.1, 0.15) is 37.2 Å². The van der Waals surface area contributed by atoms with Crippen molar-refractivity contribution in [3.8, 4) is 0 Å². The van der Waals surface area contributed by atoms with E-state index in [9.17, 15) is 4.79 Å². The van der Waals surface area contributed by atoms with Gasteiger partial charge in [-0.3, -0.25) is 0 Å². The van der Waals surface area contributed by atoms with Gasteiger partial charge in [-0.2, -0.15) is 0 Å². The van der Waals surface area contributed by atoms with E-state index in [1.165, 1.54) is 7.11 Å². The van der Waals surface area contributed by atoms with Gasteiger partial charge in [-0.15, -0.1) is 0 Å². The van der Waals surface area contributed by atoms with Crippen LogP contribution < -0.4 is 5.32 Å². The molecule has 0 aliphatic rings. The van der Waals surface area contributed by atoms with Crippen molar-refractivity contribution in [2.45, 2.75) is 32.7 Å². The molecule has 0 saturated carbocycles. The predicted octanol–water partition coefficient (Wildman–Crippen LogP) is 2.47. The molecule has 0 spiro atoms. The molecule has 0 amide bonds. The molecule has 0 radical (unpaired) electrons. The summed E-state index contributed by atoms with van der Waals surface area (Å²) in [6.07, 6.45) is 3.70. The number of esters is 1. The van der Waals surface area contributed by atoms with Crippen LogP contribution in [0.5, 0.6) is 0 Å². The Morgan fingerprint density at radius 2 is 2.19 bits per heavy atom. The molecule has 88 valence electrons. The average Bonchev–Trinajstić information content (AvgIpc) is 2.35. The summed E-state index contributed by atoms with van der Waals surface area (Å²) in [5.74, 6) is -0.409. The molecular weight excluding hydrogens is 204 g/mol. The van der Waals surface area contributed by atoms with E-state index in [1.54, 1.807) is 12.3 Å². The summed E-state index contributed by atoms with van der Waals surface area (Å²) in [4.78, 5) is 15.2. The average molecular weight is 222 g/mol. The van der Waals surface area contributed by atoms with Crippen molar-refractivity contribution in [3.05, 3.63) is 24.0 Å². The van der Waals surface area contributed by atoms with Crippen molar-refractivity contribution < 1.29 is 9.53 Å². The summed E-state index contributed by atoms with van der Waals surface area (Å²) in [6, 6.07) is 3.99. The molecule has 16 heavy (non-hydrogen) atoms. The lowest BCUT2D eigenvalue weighted by Crippen LogP contribution is -2.17. The Bertz CT molecular complexity index is 349. The summed E-state index contributed by atoms with van der Waals surface area (Å²) >= 11 is 0. The maximum Gasteiger partial charge on any atom is 0.356 e. The van der Waals surface area contributed by atoms with Crippen LogP contribution >= 0.6 is 0 Å². The standard InChI is InChI=1S/C12H18N2O2/c1-4-9(5-2)14-10-6-7-13-11(8-10)12(15)16-3/h6-9H,4-5H2,1-3H3,(H,13,14). The number of anilines is 1. The topological polar surface area (TPSA) is 51.2 Å². The van der Waals surface area contributed by atoms with Gasteiger partial charge in [0.2, 0.25) is 0 Å².